The number of hydrogen-bond donors (Lipinski definition) is 1. The van der Waals surface area contributed by atoms with Crippen molar-refractivity contribution < 1.29 is 14.4 Å². The Hall–Kier alpha value is -4.13. The van der Waals surface area contributed by atoms with Gasteiger partial charge in [0.1, 0.15) is 0 Å². The van der Waals surface area contributed by atoms with E-state index in [1.165, 1.54) is 0 Å². The van der Waals surface area contributed by atoms with Crippen LogP contribution in [0.1, 0.15) is 67.9 Å². The minimum atomic E-state index is -0.204. The monoisotopic (exact) mass is 538 g/mol. The summed E-state index contributed by atoms with van der Waals surface area (Å²) in [7, 11) is 0. The molecule has 0 bridgehead atoms. The molecule has 7 heteroatoms. The van der Waals surface area contributed by atoms with Crippen LogP contribution in [-0.4, -0.2) is 66.8 Å². The maximum atomic E-state index is 13.8. The van der Waals surface area contributed by atoms with Crippen LogP contribution >= 0.6 is 0 Å². The molecule has 2 aliphatic heterocycles. The molecule has 2 fully saturated rings. The van der Waals surface area contributed by atoms with Crippen LogP contribution in [0.15, 0.2) is 66.7 Å². The van der Waals surface area contributed by atoms with Crippen LogP contribution in [0.2, 0.25) is 0 Å². The van der Waals surface area contributed by atoms with Crippen molar-refractivity contribution in [2.75, 3.05) is 49.5 Å². The number of carbonyl (C=O) groups is 3. The minimum absolute atomic E-state index is 0.00188. The first-order valence-corrected chi connectivity index (χ1v) is 14.3. The van der Waals surface area contributed by atoms with Crippen molar-refractivity contribution in [2.24, 2.45) is 0 Å². The van der Waals surface area contributed by atoms with E-state index in [1.807, 2.05) is 78.2 Å². The minimum Gasteiger partial charge on any atom is -0.369 e. The number of benzene rings is 3. The summed E-state index contributed by atoms with van der Waals surface area (Å²) >= 11 is 0. The van der Waals surface area contributed by atoms with Gasteiger partial charge in [-0.15, -0.1) is 0 Å². The van der Waals surface area contributed by atoms with Gasteiger partial charge in [0.15, 0.2) is 0 Å². The van der Waals surface area contributed by atoms with Gasteiger partial charge in [-0.05, 0) is 82.0 Å². The van der Waals surface area contributed by atoms with Crippen molar-refractivity contribution in [1.82, 2.24) is 9.80 Å². The average molecular weight is 539 g/mol. The molecular weight excluding hydrogens is 500 g/mol. The molecule has 5 rings (SSSR count). The van der Waals surface area contributed by atoms with E-state index in [2.05, 4.69) is 10.2 Å². The Labute approximate surface area is 236 Å². The second-order valence-corrected chi connectivity index (χ2v) is 10.9. The lowest BCUT2D eigenvalue weighted by atomic mass is 10.1. The number of anilines is 2. The van der Waals surface area contributed by atoms with Crippen LogP contribution in [0.4, 0.5) is 11.4 Å². The zero-order valence-corrected chi connectivity index (χ0v) is 23.5. The number of hydrogen-bond acceptors (Lipinski definition) is 4. The van der Waals surface area contributed by atoms with Crippen molar-refractivity contribution in [3.8, 4) is 0 Å². The second kappa shape index (κ2) is 12.4. The van der Waals surface area contributed by atoms with E-state index >= 15 is 0 Å². The van der Waals surface area contributed by atoms with Gasteiger partial charge in [0.25, 0.3) is 17.7 Å². The number of carbonyl (C=O) groups excluding carboxylic acids is 3. The first kappa shape index (κ1) is 27.4. The lowest BCUT2D eigenvalue weighted by Gasteiger charge is -2.30. The summed E-state index contributed by atoms with van der Waals surface area (Å²) in [6.45, 7) is 8.12. The molecular formula is C33H38N4O3. The Morgan fingerprint density at radius 2 is 1.20 bits per heavy atom. The molecule has 3 aromatic carbocycles. The van der Waals surface area contributed by atoms with Crippen molar-refractivity contribution in [2.45, 2.75) is 39.5 Å². The van der Waals surface area contributed by atoms with Gasteiger partial charge in [-0.1, -0.05) is 35.4 Å². The zero-order valence-electron chi connectivity index (χ0n) is 23.5. The number of nitrogens with one attached hydrogen (secondary N) is 1. The highest BCUT2D eigenvalue weighted by molar-refractivity contribution is 6.06. The van der Waals surface area contributed by atoms with E-state index in [1.54, 1.807) is 12.1 Å². The Balaban J connectivity index is 1.37. The van der Waals surface area contributed by atoms with E-state index in [4.69, 9.17) is 0 Å². The van der Waals surface area contributed by atoms with Crippen LogP contribution < -0.4 is 10.2 Å². The van der Waals surface area contributed by atoms with E-state index < -0.39 is 0 Å². The third-order valence-corrected chi connectivity index (χ3v) is 7.86. The van der Waals surface area contributed by atoms with E-state index in [0.29, 0.717) is 42.0 Å². The Morgan fingerprint density at radius 3 is 1.88 bits per heavy atom. The number of aryl methyl sites for hydroxylation is 2. The molecule has 2 saturated heterocycles. The quantitative estimate of drug-likeness (QED) is 0.463. The van der Waals surface area contributed by atoms with Crippen LogP contribution in [0.5, 0.6) is 0 Å². The Morgan fingerprint density at radius 1 is 0.600 bits per heavy atom. The fraction of sp³-hybridized carbons (Fsp3) is 0.364. The van der Waals surface area contributed by atoms with Crippen LogP contribution in [-0.2, 0) is 0 Å². The highest BCUT2D eigenvalue weighted by Gasteiger charge is 2.26. The largest absolute Gasteiger partial charge is 0.369 e. The van der Waals surface area contributed by atoms with Gasteiger partial charge in [0.2, 0.25) is 0 Å². The SMILES string of the molecule is Cc1ccc(C(=O)Nc2ccc(N3CCCN(C(=O)c4ccc(C)cc4)CC3)c(C(=O)N3CCCCC3)c2)cc1. The van der Waals surface area contributed by atoms with Crippen molar-refractivity contribution in [3.05, 3.63) is 94.5 Å². The first-order valence-electron chi connectivity index (χ1n) is 14.3. The normalized spacial score (nSPS) is 15.9. The molecule has 3 amide bonds. The summed E-state index contributed by atoms with van der Waals surface area (Å²) in [5.74, 6) is -0.164. The zero-order chi connectivity index (χ0) is 28.1. The molecule has 208 valence electrons. The summed E-state index contributed by atoms with van der Waals surface area (Å²) in [5.41, 5.74) is 5.55. The fourth-order valence-corrected chi connectivity index (χ4v) is 5.48. The molecule has 0 radical (unpaired) electrons. The van der Waals surface area contributed by atoms with Gasteiger partial charge in [0, 0.05) is 61.8 Å². The summed E-state index contributed by atoms with van der Waals surface area (Å²) in [5, 5.41) is 2.98. The van der Waals surface area contributed by atoms with Gasteiger partial charge in [0.05, 0.1) is 5.56 Å². The highest BCUT2D eigenvalue weighted by atomic mass is 16.2. The van der Waals surface area contributed by atoms with Crippen molar-refractivity contribution in [1.29, 1.82) is 0 Å². The summed E-state index contributed by atoms with van der Waals surface area (Å²) in [6.07, 6.45) is 3.95. The van der Waals surface area contributed by atoms with Gasteiger partial charge < -0.3 is 20.0 Å². The van der Waals surface area contributed by atoms with E-state index in [-0.39, 0.29) is 17.7 Å². The summed E-state index contributed by atoms with van der Waals surface area (Å²) in [4.78, 5) is 46.0. The second-order valence-electron chi connectivity index (χ2n) is 10.9. The molecule has 3 aromatic rings. The molecule has 0 unspecified atom stereocenters. The number of nitrogens with zero attached hydrogens (tertiary/aromatic N) is 3. The Kier molecular flexibility index (Phi) is 8.48. The van der Waals surface area contributed by atoms with Crippen LogP contribution in [0.3, 0.4) is 0 Å². The molecule has 0 atom stereocenters. The highest BCUT2D eigenvalue weighted by Crippen LogP contribution is 2.29. The predicted octanol–water partition coefficient (Wildman–Crippen LogP) is 5.53. The lowest BCUT2D eigenvalue weighted by Crippen LogP contribution is -2.38. The number of amides is 3. The molecule has 0 aliphatic carbocycles. The fourth-order valence-electron chi connectivity index (χ4n) is 5.48. The van der Waals surface area contributed by atoms with Crippen LogP contribution in [0.25, 0.3) is 0 Å². The molecule has 0 aromatic heterocycles. The number of likely N-dealkylation sites (tertiary alicyclic amines) is 1. The smallest absolute Gasteiger partial charge is 0.256 e. The third-order valence-electron chi connectivity index (χ3n) is 7.86. The van der Waals surface area contributed by atoms with Gasteiger partial charge in [-0.3, -0.25) is 14.4 Å². The lowest BCUT2D eigenvalue weighted by molar-refractivity contribution is 0.0723. The van der Waals surface area contributed by atoms with E-state index in [9.17, 15) is 14.4 Å². The Bertz CT molecular complexity index is 1360. The van der Waals surface area contributed by atoms with Gasteiger partial charge in [-0.2, -0.15) is 0 Å². The number of piperidine rings is 1. The third kappa shape index (κ3) is 6.36. The van der Waals surface area contributed by atoms with Crippen molar-refractivity contribution in [3.63, 3.8) is 0 Å². The summed E-state index contributed by atoms with van der Waals surface area (Å²) < 4.78 is 0. The van der Waals surface area contributed by atoms with Gasteiger partial charge >= 0.3 is 0 Å². The molecule has 1 N–H and O–H groups in total. The predicted molar refractivity (Wildman–Crippen MR) is 159 cm³/mol. The maximum absolute atomic E-state index is 13.8. The van der Waals surface area contributed by atoms with Gasteiger partial charge in [-0.25, -0.2) is 0 Å². The molecule has 2 heterocycles. The van der Waals surface area contributed by atoms with E-state index in [0.717, 1.165) is 62.1 Å². The van der Waals surface area contributed by atoms with Crippen LogP contribution in [0, 0.1) is 13.8 Å². The summed E-state index contributed by atoms with van der Waals surface area (Å²) in [6, 6.07) is 20.8. The average Bonchev–Trinajstić information content (AvgIpc) is 3.24. The molecule has 2 aliphatic rings. The standard InChI is InChI=1S/C33H38N4O3/c1-24-7-11-26(12-8-24)31(38)34-28-15-16-30(29(23-28)33(40)36-17-4-3-5-18-36)35-19-6-20-37(22-21-35)32(39)27-13-9-25(2)10-14-27/h7-16,23H,3-6,17-22H2,1-2H3,(H,34,38). The molecule has 0 spiro atoms. The maximum Gasteiger partial charge on any atom is 0.256 e. The number of rotatable bonds is 5. The first-order chi connectivity index (χ1) is 19.4. The topological polar surface area (TPSA) is 73.0 Å². The molecule has 7 nitrogen and oxygen atoms in total. The molecule has 40 heavy (non-hydrogen) atoms. The molecule has 0 saturated carbocycles. The van der Waals surface area contributed by atoms with Crippen molar-refractivity contribution >= 4 is 29.1 Å².